The third-order valence-corrected chi connectivity index (χ3v) is 2.83. The van der Waals surface area contributed by atoms with Crippen molar-refractivity contribution in [2.45, 2.75) is 19.8 Å². The first kappa shape index (κ1) is 13.3. The van der Waals surface area contributed by atoms with Gasteiger partial charge in [0.15, 0.2) is 0 Å². The van der Waals surface area contributed by atoms with Gasteiger partial charge in [-0.25, -0.2) is 10.8 Å². The van der Waals surface area contributed by atoms with Gasteiger partial charge in [0.2, 0.25) is 5.13 Å². The predicted molar refractivity (Wildman–Crippen MR) is 71.7 cm³/mol. The fraction of sp³-hybridized carbons (Fsp3) is 0.300. The van der Waals surface area contributed by atoms with Crippen LogP contribution in [0.1, 0.15) is 29.4 Å². The number of nitrogen functional groups attached to an aromatic ring is 1. The van der Waals surface area contributed by atoms with Gasteiger partial charge in [-0.3, -0.25) is 10.1 Å². The second kappa shape index (κ2) is 6.16. The summed E-state index contributed by atoms with van der Waals surface area (Å²) in [4.78, 5) is 16.3. The Morgan fingerprint density at radius 2 is 2.32 bits per heavy atom. The highest BCUT2D eigenvalue weighted by molar-refractivity contribution is 7.09. The largest absolute Gasteiger partial charge is 0.308 e. The minimum Gasteiger partial charge on any atom is -0.308 e. The van der Waals surface area contributed by atoms with Crippen molar-refractivity contribution in [3.05, 3.63) is 23.4 Å². The fourth-order valence-electron chi connectivity index (χ4n) is 1.53. The lowest BCUT2D eigenvalue weighted by molar-refractivity contribution is 0.102. The maximum absolute atomic E-state index is 12.0. The topological polar surface area (TPSA) is 119 Å². The summed E-state index contributed by atoms with van der Waals surface area (Å²) in [6, 6.07) is 3.30. The number of carbonyl (C=O) groups excluding carboxylic acids is 1. The highest BCUT2D eigenvalue weighted by Crippen LogP contribution is 2.14. The number of hydrazine groups is 1. The van der Waals surface area contributed by atoms with E-state index in [9.17, 15) is 4.79 Å². The number of amides is 1. The molecule has 2 aromatic rings. The van der Waals surface area contributed by atoms with E-state index in [4.69, 9.17) is 5.84 Å². The lowest BCUT2D eigenvalue weighted by Gasteiger charge is -2.07. The maximum atomic E-state index is 12.0. The van der Waals surface area contributed by atoms with Crippen molar-refractivity contribution in [2.75, 3.05) is 10.7 Å². The number of nitrogens with one attached hydrogen (secondary N) is 2. The lowest BCUT2D eigenvalue weighted by Crippen LogP contribution is -2.15. The van der Waals surface area contributed by atoms with Gasteiger partial charge in [-0.05, 0) is 23.8 Å². The summed E-state index contributed by atoms with van der Waals surface area (Å²) >= 11 is 1.01. The van der Waals surface area contributed by atoms with Gasteiger partial charge in [0.25, 0.3) is 5.91 Å². The molecule has 0 saturated carbocycles. The van der Waals surface area contributed by atoms with E-state index < -0.39 is 0 Å². The van der Waals surface area contributed by atoms with Gasteiger partial charge in [-0.2, -0.15) is 0 Å². The van der Waals surface area contributed by atoms with Crippen molar-refractivity contribution in [1.29, 1.82) is 0 Å². The molecule has 0 atom stereocenters. The van der Waals surface area contributed by atoms with Crippen molar-refractivity contribution >= 4 is 28.4 Å². The molecule has 0 bridgehead atoms. The van der Waals surface area contributed by atoms with Crippen molar-refractivity contribution in [3.63, 3.8) is 0 Å². The third-order valence-electron chi connectivity index (χ3n) is 2.31. The number of pyridine rings is 1. The molecule has 0 unspecified atom stereocenters. The minimum absolute atomic E-state index is 0.296. The molecule has 0 aromatic carbocycles. The summed E-state index contributed by atoms with van der Waals surface area (Å²) in [6.07, 6.45) is 1.71. The first-order chi connectivity index (χ1) is 9.22. The molecule has 0 spiro atoms. The number of aryl methyl sites for hydroxylation is 1. The highest BCUT2D eigenvalue weighted by Gasteiger charge is 2.11. The number of anilines is 2. The third kappa shape index (κ3) is 3.42. The normalized spacial score (nSPS) is 10.2. The van der Waals surface area contributed by atoms with Crippen LogP contribution in [-0.2, 0) is 6.42 Å². The Balaban J connectivity index is 2.22. The summed E-state index contributed by atoms with van der Waals surface area (Å²) in [5.41, 5.74) is 3.72. The zero-order valence-electron chi connectivity index (χ0n) is 10.3. The van der Waals surface area contributed by atoms with Crippen LogP contribution < -0.4 is 16.6 Å². The number of rotatable bonds is 5. The molecule has 0 aliphatic heterocycles. The Kier molecular flexibility index (Phi) is 4.31. The molecule has 0 saturated heterocycles. The summed E-state index contributed by atoms with van der Waals surface area (Å²) in [7, 11) is 0. The molecular formula is C10H13N7OS. The average Bonchev–Trinajstić information content (AvgIpc) is 2.91. The van der Waals surface area contributed by atoms with Crippen molar-refractivity contribution in [1.82, 2.24) is 19.8 Å². The quantitative estimate of drug-likeness (QED) is 0.547. The number of hydrogen-bond donors (Lipinski definition) is 3. The van der Waals surface area contributed by atoms with Crippen LogP contribution in [0.25, 0.3) is 0 Å². The second-order valence-electron chi connectivity index (χ2n) is 3.75. The van der Waals surface area contributed by atoms with Crippen LogP contribution in [0.4, 0.5) is 10.9 Å². The van der Waals surface area contributed by atoms with Gasteiger partial charge in [-0.1, -0.05) is 22.9 Å². The van der Waals surface area contributed by atoms with E-state index in [2.05, 4.69) is 30.5 Å². The Morgan fingerprint density at radius 3 is 2.95 bits per heavy atom. The average molecular weight is 279 g/mol. The van der Waals surface area contributed by atoms with Gasteiger partial charge >= 0.3 is 0 Å². The summed E-state index contributed by atoms with van der Waals surface area (Å²) in [5.74, 6) is 5.50. The van der Waals surface area contributed by atoms with Crippen LogP contribution in [0.5, 0.6) is 0 Å². The van der Waals surface area contributed by atoms with Crippen LogP contribution in [0, 0.1) is 0 Å². The zero-order valence-corrected chi connectivity index (χ0v) is 11.1. The van der Waals surface area contributed by atoms with Crippen LogP contribution in [-0.4, -0.2) is 25.7 Å². The Bertz CT molecular complexity index is 557. The Labute approximate surface area is 113 Å². The SMILES string of the molecule is CCCc1cc(C(=O)Nc2nnns2)cc(NN)n1. The standard InChI is InChI=1S/C10H13N7OS/c1-2-3-7-4-6(5-8(12-7)14-11)9(18)13-10-15-16-17-19-10/h4-5H,2-3,11H2,1H3,(H,12,14)(H,13,15,17,18). The first-order valence-electron chi connectivity index (χ1n) is 5.67. The summed E-state index contributed by atoms with van der Waals surface area (Å²) in [5, 5.41) is 10.0. The zero-order chi connectivity index (χ0) is 13.7. The van der Waals surface area contributed by atoms with Crippen LogP contribution in [0.2, 0.25) is 0 Å². The Morgan fingerprint density at radius 1 is 1.47 bits per heavy atom. The fourth-order valence-corrected chi connectivity index (χ4v) is 1.89. The predicted octanol–water partition coefficient (Wildman–Crippen LogP) is 0.819. The molecule has 8 nitrogen and oxygen atoms in total. The van der Waals surface area contributed by atoms with Crippen molar-refractivity contribution in [3.8, 4) is 0 Å². The van der Waals surface area contributed by atoms with Gasteiger partial charge < -0.3 is 5.43 Å². The van der Waals surface area contributed by atoms with E-state index in [1.807, 2.05) is 6.92 Å². The molecule has 2 rings (SSSR count). The van der Waals surface area contributed by atoms with Gasteiger partial charge in [0.05, 0.1) is 0 Å². The van der Waals surface area contributed by atoms with Gasteiger partial charge in [-0.15, -0.1) is 0 Å². The molecule has 1 amide bonds. The van der Waals surface area contributed by atoms with Gasteiger partial charge in [0.1, 0.15) is 5.82 Å². The number of nitrogens with two attached hydrogens (primary N) is 1. The van der Waals surface area contributed by atoms with Crippen LogP contribution in [0.15, 0.2) is 12.1 Å². The van der Waals surface area contributed by atoms with E-state index in [1.165, 1.54) is 0 Å². The monoisotopic (exact) mass is 279 g/mol. The number of carbonyl (C=O) groups is 1. The Hall–Kier alpha value is -2.13. The smallest absolute Gasteiger partial charge is 0.257 e. The summed E-state index contributed by atoms with van der Waals surface area (Å²) < 4.78 is 3.57. The molecule has 0 aliphatic rings. The number of nitrogens with zero attached hydrogens (tertiary/aromatic N) is 4. The van der Waals surface area contributed by atoms with E-state index in [0.717, 1.165) is 30.1 Å². The lowest BCUT2D eigenvalue weighted by atomic mass is 10.1. The maximum Gasteiger partial charge on any atom is 0.257 e. The van der Waals surface area contributed by atoms with E-state index in [-0.39, 0.29) is 5.91 Å². The summed E-state index contributed by atoms with van der Waals surface area (Å²) in [6.45, 7) is 2.04. The molecular weight excluding hydrogens is 266 g/mol. The van der Waals surface area contributed by atoms with E-state index >= 15 is 0 Å². The number of aromatic nitrogens is 4. The van der Waals surface area contributed by atoms with Gasteiger partial charge in [0, 0.05) is 22.8 Å². The van der Waals surface area contributed by atoms with E-state index in [1.54, 1.807) is 12.1 Å². The van der Waals surface area contributed by atoms with Crippen molar-refractivity contribution < 1.29 is 4.79 Å². The van der Waals surface area contributed by atoms with Crippen LogP contribution >= 0.6 is 11.5 Å². The molecule has 2 aromatic heterocycles. The van der Waals surface area contributed by atoms with Crippen LogP contribution in [0.3, 0.4) is 0 Å². The number of hydrogen-bond acceptors (Lipinski definition) is 8. The molecule has 19 heavy (non-hydrogen) atoms. The molecule has 100 valence electrons. The molecule has 0 radical (unpaired) electrons. The molecule has 2 heterocycles. The molecule has 9 heteroatoms. The highest BCUT2D eigenvalue weighted by atomic mass is 32.1. The van der Waals surface area contributed by atoms with E-state index in [0.29, 0.717) is 16.5 Å². The van der Waals surface area contributed by atoms with Crippen molar-refractivity contribution in [2.24, 2.45) is 5.84 Å². The first-order valence-corrected chi connectivity index (χ1v) is 6.44. The minimum atomic E-state index is -0.296. The molecule has 4 N–H and O–H groups in total. The molecule has 0 aliphatic carbocycles. The second-order valence-corrected chi connectivity index (χ2v) is 4.48. The molecule has 0 fully saturated rings.